The highest BCUT2D eigenvalue weighted by atomic mass is 35.5. The normalized spacial score (nSPS) is 23.8. The SMILES string of the molecule is CC[C@@]1(O)C(=O)CCc2c1cc1n(c2=O)Cc2c-1nc1cc(F)c(Cl)c3c1c2[C@@H](NC(=O)[C@@H](O)C1CC1)CC3. The van der Waals surface area contributed by atoms with Crippen LogP contribution in [0, 0.1) is 11.7 Å². The molecule has 3 atom stereocenters. The summed E-state index contributed by atoms with van der Waals surface area (Å²) < 4.78 is 16.5. The van der Waals surface area contributed by atoms with Crippen molar-refractivity contribution in [2.24, 2.45) is 5.92 Å². The van der Waals surface area contributed by atoms with Crippen LogP contribution >= 0.6 is 11.6 Å². The van der Waals surface area contributed by atoms with Crippen molar-refractivity contribution in [2.45, 2.75) is 76.2 Å². The first-order valence-corrected chi connectivity index (χ1v) is 13.9. The van der Waals surface area contributed by atoms with Crippen LogP contribution in [0.2, 0.25) is 5.02 Å². The number of benzene rings is 1. The highest BCUT2D eigenvalue weighted by molar-refractivity contribution is 6.32. The van der Waals surface area contributed by atoms with E-state index in [0.717, 1.165) is 18.4 Å². The number of aliphatic hydroxyl groups excluding tert-OH is 1. The van der Waals surface area contributed by atoms with Crippen LogP contribution in [0.15, 0.2) is 16.9 Å². The van der Waals surface area contributed by atoms with E-state index in [1.165, 1.54) is 6.07 Å². The Bertz CT molecular complexity index is 1700. The molecule has 1 amide bonds. The summed E-state index contributed by atoms with van der Waals surface area (Å²) in [6.45, 7) is 1.89. The number of ketones is 1. The van der Waals surface area contributed by atoms with E-state index >= 15 is 0 Å². The van der Waals surface area contributed by atoms with Gasteiger partial charge >= 0.3 is 0 Å². The minimum absolute atomic E-state index is 0.0166. The molecule has 1 aromatic carbocycles. The van der Waals surface area contributed by atoms with Crippen LogP contribution in [-0.2, 0) is 34.6 Å². The number of carbonyl (C=O) groups is 2. The number of carbonyl (C=O) groups excluding carboxylic acids is 2. The molecular formula is C29H27ClFN3O5. The van der Waals surface area contributed by atoms with Crippen molar-refractivity contribution in [3.05, 3.63) is 61.1 Å². The number of nitrogens with zero attached hydrogens (tertiary/aromatic N) is 2. The largest absolute Gasteiger partial charge is 0.383 e. The highest BCUT2D eigenvalue weighted by Gasteiger charge is 2.44. The van der Waals surface area contributed by atoms with Crippen LogP contribution in [0.5, 0.6) is 0 Å². The summed E-state index contributed by atoms with van der Waals surface area (Å²) in [6, 6.07) is 2.45. The van der Waals surface area contributed by atoms with E-state index in [9.17, 15) is 29.0 Å². The summed E-state index contributed by atoms with van der Waals surface area (Å²) in [7, 11) is 0. The molecule has 1 saturated carbocycles. The number of halogens is 2. The van der Waals surface area contributed by atoms with E-state index in [1.54, 1.807) is 17.6 Å². The number of nitrogens with one attached hydrogen (secondary N) is 1. The number of rotatable bonds is 4. The molecular weight excluding hydrogens is 525 g/mol. The lowest BCUT2D eigenvalue weighted by atomic mass is 9.77. The summed E-state index contributed by atoms with van der Waals surface area (Å²) in [5.41, 5.74) is 1.97. The van der Waals surface area contributed by atoms with Crippen molar-refractivity contribution in [3.8, 4) is 11.4 Å². The lowest BCUT2D eigenvalue weighted by Gasteiger charge is -2.32. The third-order valence-corrected chi connectivity index (χ3v) is 9.48. The third kappa shape index (κ3) is 3.42. The monoisotopic (exact) mass is 551 g/mol. The molecule has 202 valence electrons. The third-order valence-electron chi connectivity index (χ3n) is 9.07. The minimum Gasteiger partial charge on any atom is -0.383 e. The Labute approximate surface area is 227 Å². The van der Waals surface area contributed by atoms with Crippen LogP contribution in [-0.4, -0.2) is 37.6 Å². The Morgan fingerprint density at radius 1 is 1.21 bits per heavy atom. The van der Waals surface area contributed by atoms with Gasteiger partial charge in [0.15, 0.2) is 5.78 Å². The van der Waals surface area contributed by atoms with Crippen molar-refractivity contribution >= 4 is 34.2 Å². The molecule has 4 aliphatic rings. The topological polar surface area (TPSA) is 122 Å². The molecule has 0 radical (unpaired) electrons. The van der Waals surface area contributed by atoms with Crippen LogP contribution in [0.25, 0.3) is 22.3 Å². The van der Waals surface area contributed by atoms with E-state index in [1.807, 2.05) is 0 Å². The van der Waals surface area contributed by atoms with Gasteiger partial charge in [-0.1, -0.05) is 18.5 Å². The fourth-order valence-corrected chi connectivity index (χ4v) is 7.01. The average Bonchev–Trinajstić information content (AvgIpc) is 3.71. The predicted octanol–water partition coefficient (Wildman–Crippen LogP) is 3.21. The summed E-state index contributed by atoms with van der Waals surface area (Å²) in [5.74, 6) is -1.41. The standard InChI is InChI=1S/C29H27ClFN3O5/c1-2-29(39)16-9-20-25-15(11-34(20)28(38)13(16)6-8-21(29)35)23-18(33-27(37)26(36)12-3-4-12)7-5-14-22(23)19(32-25)10-17(31)24(14)30/h9-10,12,18,26,36,39H,2-8,11H2,1H3,(H,33,37)/t18-,26-,29-/m0/s1. The number of aromatic nitrogens is 2. The molecule has 0 spiro atoms. The average molecular weight is 552 g/mol. The van der Waals surface area contributed by atoms with Crippen molar-refractivity contribution in [1.82, 2.24) is 14.9 Å². The molecule has 0 saturated heterocycles. The van der Waals surface area contributed by atoms with Crippen LogP contribution in [0.4, 0.5) is 4.39 Å². The van der Waals surface area contributed by atoms with Gasteiger partial charge in [-0.25, -0.2) is 9.37 Å². The summed E-state index contributed by atoms with van der Waals surface area (Å²) >= 11 is 6.40. The molecule has 0 unspecified atom stereocenters. The Morgan fingerprint density at radius 3 is 2.69 bits per heavy atom. The zero-order chi connectivity index (χ0) is 27.4. The van der Waals surface area contributed by atoms with Crippen LogP contribution < -0.4 is 10.9 Å². The molecule has 0 bridgehead atoms. The molecule has 3 aromatic rings. The number of hydrogen-bond acceptors (Lipinski definition) is 6. The van der Waals surface area contributed by atoms with Crippen LogP contribution in [0.1, 0.15) is 72.9 Å². The molecule has 2 aromatic heterocycles. The van der Waals surface area contributed by atoms with Crippen LogP contribution in [0.3, 0.4) is 0 Å². The Balaban J connectivity index is 1.46. The fourth-order valence-electron chi connectivity index (χ4n) is 6.77. The summed E-state index contributed by atoms with van der Waals surface area (Å²) in [4.78, 5) is 44.2. The quantitative estimate of drug-likeness (QED) is 0.358. The Morgan fingerprint density at radius 2 is 1.97 bits per heavy atom. The molecule has 3 aliphatic carbocycles. The number of Topliss-reactive ketones (excluding diaryl/α,β-unsaturated/α-hetero) is 1. The number of aliphatic hydroxyl groups is 2. The molecule has 1 aliphatic heterocycles. The predicted molar refractivity (Wildman–Crippen MR) is 141 cm³/mol. The maximum absolute atomic E-state index is 14.9. The van der Waals surface area contributed by atoms with Gasteiger partial charge in [-0.3, -0.25) is 14.4 Å². The molecule has 7 rings (SSSR count). The molecule has 3 N–H and O–H groups in total. The Hall–Kier alpha value is -3.14. The first kappa shape index (κ1) is 24.9. The summed E-state index contributed by atoms with van der Waals surface area (Å²) in [6.07, 6.45) is 1.85. The molecule has 1 fully saturated rings. The second-order valence-electron chi connectivity index (χ2n) is 11.2. The lowest BCUT2D eigenvalue weighted by Crippen LogP contribution is -2.43. The van der Waals surface area contributed by atoms with Crippen molar-refractivity contribution in [2.75, 3.05) is 0 Å². The van der Waals surface area contributed by atoms with Gasteiger partial charge in [0.1, 0.15) is 17.5 Å². The van der Waals surface area contributed by atoms with Gasteiger partial charge in [-0.15, -0.1) is 0 Å². The van der Waals surface area contributed by atoms with Gasteiger partial charge in [-0.2, -0.15) is 0 Å². The van der Waals surface area contributed by atoms with Gasteiger partial charge < -0.3 is 20.1 Å². The molecule has 39 heavy (non-hydrogen) atoms. The minimum atomic E-state index is -1.75. The highest BCUT2D eigenvalue weighted by Crippen LogP contribution is 2.47. The number of hydrogen-bond donors (Lipinski definition) is 3. The van der Waals surface area contributed by atoms with Gasteiger partial charge in [0.05, 0.1) is 34.5 Å². The second kappa shape index (κ2) is 8.43. The maximum Gasteiger partial charge on any atom is 0.254 e. The first-order chi connectivity index (χ1) is 18.6. The smallest absolute Gasteiger partial charge is 0.254 e. The van der Waals surface area contributed by atoms with E-state index < -0.39 is 29.5 Å². The summed E-state index contributed by atoms with van der Waals surface area (Å²) in [5, 5.41) is 25.4. The Kier molecular flexibility index (Phi) is 5.37. The molecule has 3 heterocycles. The zero-order valence-corrected chi connectivity index (χ0v) is 22.1. The molecule has 8 nitrogen and oxygen atoms in total. The van der Waals surface area contributed by atoms with Crippen molar-refractivity contribution in [3.63, 3.8) is 0 Å². The van der Waals surface area contributed by atoms with Crippen molar-refractivity contribution in [1.29, 1.82) is 0 Å². The molecule has 10 heteroatoms. The van der Waals surface area contributed by atoms with E-state index in [-0.39, 0.29) is 48.1 Å². The van der Waals surface area contributed by atoms with Gasteiger partial charge in [-0.05, 0) is 61.6 Å². The van der Waals surface area contributed by atoms with E-state index in [0.29, 0.717) is 57.4 Å². The number of pyridine rings is 2. The van der Waals surface area contributed by atoms with E-state index in [4.69, 9.17) is 16.6 Å². The second-order valence-corrected chi connectivity index (χ2v) is 11.6. The van der Waals surface area contributed by atoms with Gasteiger partial charge in [0.2, 0.25) is 5.91 Å². The van der Waals surface area contributed by atoms with E-state index in [2.05, 4.69) is 5.32 Å². The van der Waals surface area contributed by atoms with Gasteiger partial charge in [0.25, 0.3) is 5.56 Å². The van der Waals surface area contributed by atoms with Gasteiger partial charge in [0, 0.05) is 34.6 Å². The van der Waals surface area contributed by atoms with Crippen molar-refractivity contribution < 1.29 is 24.2 Å². The number of aryl methyl sites for hydroxylation is 1. The maximum atomic E-state index is 14.9. The fraction of sp³-hybridized carbons (Fsp3) is 0.448. The first-order valence-electron chi connectivity index (χ1n) is 13.5. The lowest BCUT2D eigenvalue weighted by molar-refractivity contribution is -0.140. The zero-order valence-electron chi connectivity index (χ0n) is 21.3. The number of amides is 1. The number of fused-ring (bicyclic) bond motifs is 5.